The van der Waals surface area contributed by atoms with Crippen LogP contribution in [0.15, 0.2) is 4.99 Å². The molecule has 0 fully saturated rings. The lowest BCUT2D eigenvalue weighted by Crippen LogP contribution is -2.37. The first-order chi connectivity index (χ1) is 7.29. The molecule has 1 rings (SSSR count). The van der Waals surface area contributed by atoms with Gasteiger partial charge in [-0.3, -0.25) is 0 Å². The summed E-state index contributed by atoms with van der Waals surface area (Å²) in [5.74, 6) is 0. The molecule has 1 heterocycles. The summed E-state index contributed by atoms with van der Waals surface area (Å²) < 4.78 is 0.893. The minimum Gasteiger partial charge on any atom is -0.390 e. The predicted octanol–water partition coefficient (Wildman–Crippen LogP) is 2.75. The van der Waals surface area contributed by atoms with Gasteiger partial charge in [-0.1, -0.05) is 0 Å². The number of hydrogen-bond donors (Lipinski definition) is 1. The summed E-state index contributed by atoms with van der Waals surface area (Å²) in [6.45, 7) is 6.55. The minimum absolute atomic E-state index is 0.420. The number of aliphatic imine (C=N–C) groups is 1. The summed E-state index contributed by atoms with van der Waals surface area (Å²) in [6, 6.07) is 0.420. The molecule has 90 valence electrons. The van der Waals surface area contributed by atoms with E-state index in [1.165, 1.54) is 22.3 Å². The topological polar surface area (TPSA) is 38.4 Å². The SMILES string of the molecule is Cc1sc(N=CN)c(C(C)[N+](C)(C)C)c1C. The zero-order valence-corrected chi connectivity index (χ0v) is 11.9. The number of hydrogen-bond acceptors (Lipinski definition) is 2. The van der Waals surface area contributed by atoms with Crippen LogP contribution in [0.4, 0.5) is 5.00 Å². The molecule has 0 radical (unpaired) electrons. The second-order valence-electron chi connectivity index (χ2n) is 5.07. The van der Waals surface area contributed by atoms with Crippen molar-refractivity contribution in [2.24, 2.45) is 10.7 Å². The lowest BCUT2D eigenvalue weighted by molar-refractivity contribution is -0.900. The van der Waals surface area contributed by atoms with Crippen LogP contribution in [0.1, 0.15) is 29.0 Å². The normalized spacial score (nSPS) is 14.6. The van der Waals surface area contributed by atoms with Crippen molar-refractivity contribution in [3.63, 3.8) is 0 Å². The number of quaternary nitrogens is 1. The van der Waals surface area contributed by atoms with Gasteiger partial charge in [-0.25, -0.2) is 4.99 Å². The molecular formula is C12H22N3S+. The second-order valence-corrected chi connectivity index (χ2v) is 6.28. The van der Waals surface area contributed by atoms with Gasteiger partial charge in [0.2, 0.25) is 0 Å². The predicted molar refractivity (Wildman–Crippen MR) is 72.6 cm³/mol. The highest BCUT2D eigenvalue weighted by Crippen LogP contribution is 2.41. The summed E-state index contributed by atoms with van der Waals surface area (Å²) in [4.78, 5) is 5.61. The van der Waals surface area contributed by atoms with E-state index in [-0.39, 0.29) is 0 Å². The molecule has 0 saturated carbocycles. The van der Waals surface area contributed by atoms with Gasteiger partial charge in [0, 0.05) is 10.4 Å². The Labute approximate surface area is 102 Å². The third-order valence-electron chi connectivity index (χ3n) is 3.18. The maximum absolute atomic E-state index is 5.41. The molecule has 16 heavy (non-hydrogen) atoms. The fourth-order valence-electron chi connectivity index (χ4n) is 1.67. The number of nitrogens with zero attached hydrogens (tertiary/aromatic N) is 2. The van der Waals surface area contributed by atoms with Gasteiger partial charge in [-0.2, -0.15) is 0 Å². The van der Waals surface area contributed by atoms with Crippen molar-refractivity contribution in [1.82, 2.24) is 0 Å². The lowest BCUT2D eigenvalue weighted by Gasteiger charge is -2.32. The van der Waals surface area contributed by atoms with E-state index in [1.807, 2.05) is 0 Å². The fourth-order valence-corrected chi connectivity index (χ4v) is 2.77. The van der Waals surface area contributed by atoms with Gasteiger partial charge in [-0.15, -0.1) is 11.3 Å². The van der Waals surface area contributed by atoms with Crippen LogP contribution in [0.5, 0.6) is 0 Å². The van der Waals surface area contributed by atoms with Gasteiger partial charge < -0.3 is 10.2 Å². The Balaban J connectivity index is 3.31. The molecule has 0 aliphatic heterocycles. The van der Waals surface area contributed by atoms with E-state index in [0.717, 1.165) is 9.48 Å². The second kappa shape index (κ2) is 4.55. The first-order valence-corrected chi connectivity index (χ1v) is 6.26. The zero-order chi connectivity index (χ0) is 12.5. The smallest absolute Gasteiger partial charge is 0.127 e. The number of nitrogens with two attached hydrogens (primary N) is 1. The van der Waals surface area contributed by atoms with Gasteiger partial charge in [0.1, 0.15) is 11.0 Å². The summed E-state index contributed by atoms with van der Waals surface area (Å²) in [7, 11) is 6.60. The monoisotopic (exact) mass is 240 g/mol. The highest BCUT2D eigenvalue weighted by molar-refractivity contribution is 7.16. The van der Waals surface area contributed by atoms with Crippen molar-refractivity contribution in [3.05, 3.63) is 16.0 Å². The first kappa shape index (κ1) is 13.2. The molecule has 4 heteroatoms. The van der Waals surface area contributed by atoms with E-state index in [1.54, 1.807) is 11.3 Å². The van der Waals surface area contributed by atoms with Crippen LogP contribution in [0.3, 0.4) is 0 Å². The summed E-state index contributed by atoms with van der Waals surface area (Å²) in [6.07, 6.45) is 1.39. The fraction of sp³-hybridized carbons (Fsp3) is 0.583. The Morgan fingerprint density at radius 3 is 2.31 bits per heavy atom. The molecule has 0 saturated heterocycles. The molecule has 0 aliphatic rings. The van der Waals surface area contributed by atoms with E-state index < -0.39 is 0 Å². The van der Waals surface area contributed by atoms with Gasteiger partial charge in [0.15, 0.2) is 0 Å². The largest absolute Gasteiger partial charge is 0.390 e. The molecule has 0 amide bonds. The quantitative estimate of drug-likeness (QED) is 0.492. The summed E-state index contributed by atoms with van der Waals surface area (Å²) >= 11 is 1.72. The molecule has 1 atom stereocenters. The molecule has 2 N–H and O–H groups in total. The van der Waals surface area contributed by atoms with Crippen molar-refractivity contribution in [2.45, 2.75) is 26.8 Å². The molecule has 0 aromatic carbocycles. The zero-order valence-electron chi connectivity index (χ0n) is 11.0. The molecule has 1 aromatic rings. The summed E-state index contributed by atoms with van der Waals surface area (Å²) in [5.41, 5.74) is 8.09. The molecule has 1 unspecified atom stereocenters. The Morgan fingerprint density at radius 2 is 1.88 bits per heavy atom. The van der Waals surface area contributed by atoms with E-state index >= 15 is 0 Å². The molecule has 1 aromatic heterocycles. The Hall–Kier alpha value is -0.870. The van der Waals surface area contributed by atoms with Crippen molar-refractivity contribution in [2.75, 3.05) is 21.1 Å². The van der Waals surface area contributed by atoms with E-state index in [0.29, 0.717) is 6.04 Å². The van der Waals surface area contributed by atoms with Crippen LogP contribution in [-0.4, -0.2) is 32.0 Å². The molecule has 0 spiro atoms. The van der Waals surface area contributed by atoms with Crippen LogP contribution < -0.4 is 5.73 Å². The van der Waals surface area contributed by atoms with Gasteiger partial charge in [0.05, 0.1) is 27.5 Å². The van der Waals surface area contributed by atoms with Gasteiger partial charge >= 0.3 is 0 Å². The van der Waals surface area contributed by atoms with Crippen LogP contribution in [-0.2, 0) is 0 Å². The third kappa shape index (κ3) is 2.44. The lowest BCUT2D eigenvalue weighted by atomic mass is 10.0. The maximum Gasteiger partial charge on any atom is 0.127 e. The molecular weight excluding hydrogens is 218 g/mol. The standard InChI is InChI=1S/C12H22N3S/c1-8-10(3)16-12(14-7-13)11(8)9(2)15(4,5)6/h7,9H,1-6H3,(H2,13,14)/q+1. The third-order valence-corrected chi connectivity index (χ3v) is 4.31. The van der Waals surface area contributed by atoms with Gasteiger partial charge in [-0.05, 0) is 26.3 Å². The molecule has 3 nitrogen and oxygen atoms in total. The highest BCUT2D eigenvalue weighted by atomic mass is 32.1. The Morgan fingerprint density at radius 1 is 1.31 bits per heavy atom. The van der Waals surface area contributed by atoms with Crippen molar-refractivity contribution in [1.29, 1.82) is 0 Å². The van der Waals surface area contributed by atoms with Crippen LogP contribution in [0.25, 0.3) is 0 Å². The highest BCUT2D eigenvalue weighted by Gasteiger charge is 2.27. The number of thiophene rings is 1. The van der Waals surface area contributed by atoms with Crippen molar-refractivity contribution in [3.8, 4) is 0 Å². The minimum atomic E-state index is 0.420. The Bertz CT molecular complexity index is 399. The van der Waals surface area contributed by atoms with Crippen molar-refractivity contribution >= 4 is 22.7 Å². The molecule has 0 aliphatic carbocycles. The average Bonchev–Trinajstić information content (AvgIpc) is 2.41. The number of rotatable bonds is 3. The maximum atomic E-state index is 5.41. The van der Waals surface area contributed by atoms with Crippen LogP contribution >= 0.6 is 11.3 Å². The van der Waals surface area contributed by atoms with Crippen LogP contribution in [0.2, 0.25) is 0 Å². The molecule has 0 bridgehead atoms. The van der Waals surface area contributed by atoms with Crippen LogP contribution in [0, 0.1) is 13.8 Å². The summed E-state index contributed by atoms with van der Waals surface area (Å²) in [5, 5.41) is 1.05. The van der Waals surface area contributed by atoms with E-state index in [4.69, 9.17) is 5.73 Å². The average molecular weight is 240 g/mol. The van der Waals surface area contributed by atoms with Gasteiger partial charge in [0.25, 0.3) is 0 Å². The Kier molecular flexibility index (Phi) is 3.76. The van der Waals surface area contributed by atoms with Crippen molar-refractivity contribution < 1.29 is 4.48 Å². The van der Waals surface area contributed by atoms with E-state index in [9.17, 15) is 0 Å². The first-order valence-electron chi connectivity index (χ1n) is 5.44. The number of aryl methyl sites for hydroxylation is 1. The van der Waals surface area contributed by atoms with E-state index in [2.05, 4.69) is 46.9 Å².